The first-order chi connectivity index (χ1) is 15.6. The Labute approximate surface area is 201 Å². The standard InChI is InChI=1S/C23H27ClN6O2S/c1-6-19(31)30-10-13(11-30)27-22(32)20-12(2)26-18(33-20)9-25-21-14-7-15(23(3,4)5)16(24)8-17(14)28-29-21/h6-8,13H,1,9-11H2,2-5H3,(H,27,32)(H2,25,28,29). The summed E-state index contributed by atoms with van der Waals surface area (Å²) >= 11 is 7.81. The van der Waals surface area contributed by atoms with Crippen LogP contribution in [0.25, 0.3) is 10.9 Å². The number of likely N-dealkylation sites (tertiary alicyclic amines) is 1. The summed E-state index contributed by atoms with van der Waals surface area (Å²) in [7, 11) is 0. The van der Waals surface area contributed by atoms with Crippen LogP contribution in [0, 0.1) is 6.92 Å². The number of fused-ring (bicyclic) bond motifs is 1. The fourth-order valence-electron chi connectivity index (χ4n) is 3.78. The Kier molecular flexibility index (Phi) is 6.20. The van der Waals surface area contributed by atoms with Crippen molar-refractivity contribution < 1.29 is 9.59 Å². The normalized spacial score (nSPS) is 14.3. The molecule has 3 aromatic rings. The molecular weight excluding hydrogens is 460 g/mol. The van der Waals surface area contributed by atoms with E-state index >= 15 is 0 Å². The van der Waals surface area contributed by atoms with Gasteiger partial charge in [-0.3, -0.25) is 14.7 Å². The first kappa shape index (κ1) is 23.3. The third-order valence-corrected chi connectivity index (χ3v) is 7.08. The maximum absolute atomic E-state index is 12.7. The van der Waals surface area contributed by atoms with Gasteiger partial charge in [0.1, 0.15) is 9.88 Å². The smallest absolute Gasteiger partial charge is 0.263 e. The minimum atomic E-state index is -0.165. The van der Waals surface area contributed by atoms with Gasteiger partial charge >= 0.3 is 0 Å². The van der Waals surface area contributed by atoms with Crippen molar-refractivity contribution in [3.8, 4) is 0 Å². The highest BCUT2D eigenvalue weighted by Crippen LogP contribution is 2.34. The Bertz CT molecular complexity index is 1240. The van der Waals surface area contributed by atoms with E-state index in [2.05, 4.69) is 59.2 Å². The maximum atomic E-state index is 12.7. The SMILES string of the molecule is C=CC(=O)N1CC(NC(=O)c2sc(CNc3n[nH]c4cc(Cl)c(C(C)(C)C)cc34)nc2C)C1. The Morgan fingerprint density at radius 2 is 2.09 bits per heavy atom. The molecule has 1 aromatic carbocycles. The highest BCUT2D eigenvalue weighted by molar-refractivity contribution is 7.13. The molecule has 3 heterocycles. The van der Waals surface area contributed by atoms with Gasteiger partial charge in [0.2, 0.25) is 5.91 Å². The number of aryl methyl sites for hydroxylation is 1. The summed E-state index contributed by atoms with van der Waals surface area (Å²) in [6, 6.07) is 3.91. The minimum absolute atomic E-state index is 0.0521. The topological polar surface area (TPSA) is 103 Å². The zero-order valence-electron chi connectivity index (χ0n) is 19.1. The van der Waals surface area contributed by atoms with Crippen LogP contribution in [0.2, 0.25) is 5.02 Å². The lowest BCUT2D eigenvalue weighted by Gasteiger charge is -2.38. The number of aromatic amines is 1. The number of H-pyrrole nitrogens is 1. The molecule has 1 saturated heterocycles. The number of benzene rings is 1. The molecule has 10 heteroatoms. The fourth-order valence-corrected chi connectivity index (χ4v) is 5.13. The second-order valence-electron chi connectivity index (χ2n) is 9.19. The molecular formula is C23H27ClN6O2S. The average Bonchev–Trinajstić information content (AvgIpc) is 3.29. The van der Waals surface area contributed by atoms with Crippen molar-refractivity contribution in [2.75, 3.05) is 18.4 Å². The molecule has 1 aliphatic rings. The summed E-state index contributed by atoms with van der Waals surface area (Å²) in [5.74, 6) is 0.430. The third kappa shape index (κ3) is 4.74. The lowest BCUT2D eigenvalue weighted by molar-refractivity contribution is -0.130. The summed E-state index contributed by atoms with van der Waals surface area (Å²) in [4.78, 5) is 31.0. The summed E-state index contributed by atoms with van der Waals surface area (Å²) < 4.78 is 0. The molecule has 4 rings (SSSR count). The number of hydrogen-bond acceptors (Lipinski definition) is 6. The molecule has 2 aromatic heterocycles. The highest BCUT2D eigenvalue weighted by atomic mass is 35.5. The van der Waals surface area contributed by atoms with Crippen molar-refractivity contribution in [3.05, 3.63) is 51.0 Å². The molecule has 0 aliphatic carbocycles. The van der Waals surface area contributed by atoms with E-state index < -0.39 is 0 Å². The van der Waals surface area contributed by atoms with Crippen LogP contribution in [0.3, 0.4) is 0 Å². The van der Waals surface area contributed by atoms with Crippen LogP contribution < -0.4 is 10.6 Å². The van der Waals surface area contributed by atoms with E-state index in [1.807, 2.05) is 13.0 Å². The number of rotatable bonds is 6. The van der Waals surface area contributed by atoms with Crippen molar-refractivity contribution in [1.29, 1.82) is 0 Å². The number of thiazole rings is 1. The molecule has 8 nitrogen and oxygen atoms in total. The van der Waals surface area contributed by atoms with Crippen molar-refractivity contribution in [2.24, 2.45) is 0 Å². The Hall–Kier alpha value is -2.91. The number of carbonyl (C=O) groups excluding carboxylic acids is 2. The molecule has 0 bridgehead atoms. The van der Waals surface area contributed by atoms with Crippen LogP contribution in [0.1, 0.15) is 46.7 Å². The Morgan fingerprint density at radius 1 is 1.36 bits per heavy atom. The monoisotopic (exact) mass is 486 g/mol. The minimum Gasteiger partial charge on any atom is -0.362 e. The number of halogens is 1. The van der Waals surface area contributed by atoms with Gasteiger partial charge in [0, 0.05) is 23.5 Å². The van der Waals surface area contributed by atoms with E-state index in [4.69, 9.17) is 11.6 Å². The number of carbonyl (C=O) groups is 2. The molecule has 3 N–H and O–H groups in total. The molecule has 174 valence electrons. The fraction of sp³-hybridized carbons (Fsp3) is 0.391. The van der Waals surface area contributed by atoms with E-state index in [1.165, 1.54) is 17.4 Å². The zero-order valence-corrected chi connectivity index (χ0v) is 20.7. The summed E-state index contributed by atoms with van der Waals surface area (Å²) in [6.45, 7) is 13.1. The van der Waals surface area contributed by atoms with Gasteiger partial charge in [-0.05, 0) is 36.1 Å². The number of hydrogen-bond donors (Lipinski definition) is 3. The van der Waals surface area contributed by atoms with Gasteiger partial charge in [-0.2, -0.15) is 5.10 Å². The van der Waals surface area contributed by atoms with Crippen LogP contribution in [0.5, 0.6) is 0 Å². The molecule has 33 heavy (non-hydrogen) atoms. The van der Waals surface area contributed by atoms with Gasteiger partial charge in [-0.1, -0.05) is 39.0 Å². The van der Waals surface area contributed by atoms with Crippen LogP contribution >= 0.6 is 22.9 Å². The molecule has 0 saturated carbocycles. The second-order valence-corrected chi connectivity index (χ2v) is 10.7. The van der Waals surface area contributed by atoms with Crippen molar-refractivity contribution in [1.82, 2.24) is 25.4 Å². The van der Waals surface area contributed by atoms with Gasteiger partial charge in [0.25, 0.3) is 5.91 Å². The van der Waals surface area contributed by atoms with E-state index in [0.29, 0.717) is 41.0 Å². The molecule has 0 atom stereocenters. The first-order valence-electron chi connectivity index (χ1n) is 10.7. The van der Waals surface area contributed by atoms with Crippen LogP contribution in [-0.2, 0) is 16.8 Å². The number of amides is 2. The maximum Gasteiger partial charge on any atom is 0.263 e. The quantitative estimate of drug-likeness (QED) is 0.457. The van der Waals surface area contributed by atoms with Crippen molar-refractivity contribution in [2.45, 2.75) is 45.7 Å². The van der Waals surface area contributed by atoms with Crippen molar-refractivity contribution >= 4 is 51.5 Å². The van der Waals surface area contributed by atoms with Crippen molar-refractivity contribution in [3.63, 3.8) is 0 Å². The molecule has 1 fully saturated rings. The highest BCUT2D eigenvalue weighted by Gasteiger charge is 2.31. The van der Waals surface area contributed by atoms with E-state index in [1.54, 1.807) is 4.90 Å². The van der Waals surface area contributed by atoms with E-state index in [9.17, 15) is 9.59 Å². The van der Waals surface area contributed by atoms with Crippen LogP contribution in [0.15, 0.2) is 24.8 Å². The van der Waals surface area contributed by atoms with Crippen LogP contribution in [0.4, 0.5) is 5.82 Å². The summed E-state index contributed by atoms with van der Waals surface area (Å²) in [6.07, 6.45) is 1.28. The summed E-state index contributed by atoms with van der Waals surface area (Å²) in [5, 5.41) is 16.2. The number of nitrogens with one attached hydrogen (secondary N) is 3. The van der Waals surface area contributed by atoms with Gasteiger partial charge in [-0.25, -0.2) is 4.98 Å². The molecule has 0 unspecified atom stereocenters. The zero-order chi connectivity index (χ0) is 23.9. The molecule has 0 radical (unpaired) electrons. The van der Waals surface area contributed by atoms with E-state index in [-0.39, 0.29) is 23.3 Å². The van der Waals surface area contributed by atoms with Crippen LogP contribution in [-0.4, -0.2) is 51.0 Å². The van der Waals surface area contributed by atoms with Gasteiger partial charge in [0.05, 0.1) is 23.8 Å². The molecule has 1 aliphatic heterocycles. The lowest BCUT2D eigenvalue weighted by atomic mass is 9.86. The van der Waals surface area contributed by atoms with Gasteiger partial charge in [0.15, 0.2) is 5.82 Å². The molecule has 2 amide bonds. The predicted octanol–water partition coefficient (Wildman–Crippen LogP) is 4.02. The van der Waals surface area contributed by atoms with Gasteiger partial charge in [-0.15, -0.1) is 11.3 Å². The third-order valence-electron chi connectivity index (χ3n) is 5.62. The number of aromatic nitrogens is 3. The number of nitrogens with zero attached hydrogens (tertiary/aromatic N) is 3. The number of anilines is 1. The second kappa shape index (κ2) is 8.79. The lowest BCUT2D eigenvalue weighted by Crippen LogP contribution is -2.60. The van der Waals surface area contributed by atoms with Gasteiger partial charge < -0.3 is 15.5 Å². The Morgan fingerprint density at radius 3 is 2.76 bits per heavy atom. The summed E-state index contributed by atoms with van der Waals surface area (Å²) in [5.41, 5.74) is 2.50. The molecule has 0 spiro atoms. The Balaban J connectivity index is 1.42. The average molecular weight is 487 g/mol. The predicted molar refractivity (Wildman–Crippen MR) is 132 cm³/mol. The van der Waals surface area contributed by atoms with E-state index in [0.717, 1.165) is 21.5 Å². The first-order valence-corrected chi connectivity index (χ1v) is 11.9. The largest absolute Gasteiger partial charge is 0.362 e.